The molecule has 0 aliphatic heterocycles. The average molecular weight is 326 g/mol. The summed E-state index contributed by atoms with van der Waals surface area (Å²) in [5, 5.41) is 13.0. The number of carbonyl (C=O) groups is 1. The smallest absolute Gasteiger partial charge is 0.175 e. The van der Waals surface area contributed by atoms with Gasteiger partial charge in [-0.3, -0.25) is 4.79 Å². The maximum absolute atomic E-state index is 12.2. The standard InChI is InChI=1S/C16H14N4O2S/c1-22-13-5-2-4-12(10-13)14(21)11-23-16-7-6-15(18-19-16)20-9-3-8-17-20/h2-10H,11H2,1H3. The van der Waals surface area contributed by atoms with Gasteiger partial charge in [-0.05, 0) is 30.3 Å². The van der Waals surface area contributed by atoms with Crippen LogP contribution in [0.5, 0.6) is 5.75 Å². The predicted octanol–water partition coefficient (Wildman–Crippen LogP) is 2.65. The summed E-state index contributed by atoms with van der Waals surface area (Å²) in [5.41, 5.74) is 0.623. The zero-order valence-electron chi connectivity index (χ0n) is 12.4. The van der Waals surface area contributed by atoms with Crippen molar-refractivity contribution in [2.24, 2.45) is 0 Å². The number of thioether (sulfide) groups is 1. The molecular formula is C16H14N4O2S. The van der Waals surface area contributed by atoms with Crippen molar-refractivity contribution in [1.82, 2.24) is 20.0 Å². The first-order chi connectivity index (χ1) is 11.3. The third-order valence-electron chi connectivity index (χ3n) is 3.11. The van der Waals surface area contributed by atoms with Crippen LogP contribution in [-0.4, -0.2) is 38.6 Å². The van der Waals surface area contributed by atoms with Crippen LogP contribution in [0, 0.1) is 0 Å². The fourth-order valence-corrected chi connectivity index (χ4v) is 2.64. The highest BCUT2D eigenvalue weighted by Gasteiger charge is 2.09. The van der Waals surface area contributed by atoms with E-state index in [1.807, 2.05) is 24.3 Å². The molecule has 0 spiro atoms. The van der Waals surface area contributed by atoms with E-state index in [0.29, 0.717) is 27.9 Å². The van der Waals surface area contributed by atoms with Gasteiger partial charge in [0.25, 0.3) is 0 Å². The van der Waals surface area contributed by atoms with Crippen LogP contribution in [0.25, 0.3) is 5.82 Å². The molecule has 2 heterocycles. The third kappa shape index (κ3) is 3.75. The molecule has 0 saturated heterocycles. The van der Waals surface area contributed by atoms with E-state index >= 15 is 0 Å². The van der Waals surface area contributed by atoms with Gasteiger partial charge in [0.05, 0.1) is 12.9 Å². The van der Waals surface area contributed by atoms with Crippen LogP contribution in [0.3, 0.4) is 0 Å². The summed E-state index contributed by atoms with van der Waals surface area (Å²) in [6.07, 6.45) is 3.47. The Hall–Kier alpha value is -2.67. The molecule has 7 heteroatoms. The molecule has 6 nitrogen and oxygen atoms in total. The minimum absolute atomic E-state index is 0.0202. The van der Waals surface area contributed by atoms with Crippen molar-refractivity contribution in [1.29, 1.82) is 0 Å². The Morgan fingerprint density at radius 1 is 1.22 bits per heavy atom. The Morgan fingerprint density at radius 3 is 2.83 bits per heavy atom. The van der Waals surface area contributed by atoms with Gasteiger partial charge in [0.15, 0.2) is 11.6 Å². The zero-order chi connectivity index (χ0) is 16.1. The van der Waals surface area contributed by atoms with Crippen LogP contribution in [0.2, 0.25) is 0 Å². The second kappa shape index (κ2) is 7.06. The zero-order valence-corrected chi connectivity index (χ0v) is 13.2. The first kappa shape index (κ1) is 15.2. The maximum atomic E-state index is 12.2. The largest absolute Gasteiger partial charge is 0.497 e. The Morgan fingerprint density at radius 2 is 2.13 bits per heavy atom. The van der Waals surface area contributed by atoms with Gasteiger partial charge in [0.2, 0.25) is 0 Å². The van der Waals surface area contributed by atoms with Gasteiger partial charge in [-0.15, -0.1) is 10.2 Å². The number of rotatable bonds is 6. The fraction of sp³-hybridized carbons (Fsp3) is 0.125. The number of benzene rings is 1. The molecule has 0 unspecified atom stereocenters. The number of ether oxygens (including phenoxy) is 1. The summed E-state index contributed by atoms with van der Waals surface area (Å²) in [6, 6.07) is 12.6. The number of methoxy groups -OCH3 is 1. The van der Waals surface area contributed by atoms with E-state index in [0.717, 1.165) is 0 Å². The minimum Gasteiger partial charge on any atom is -0.497 e. The van der Waals surface area contributed by atoms with E-state index in [-0.39, 0.29) is 5.78 Å². The number of hydrogen-bond acceptors (Lipinski definition) is 6. The van der Waals surface area contributed by atoms with Crippen LogP contribution in [0.15, 0.2) is 59.9 Å². The van der Waals surface area contributed by atoms with E-state index < -0.39 is 0 Å². The summed E-state index contributed by atoms with van der Waals surface area (Å²) < 4.78 is 6.75. The quantitative estimate of drug-likeness (QED) is 0.512. The van der Waals surface area contributed by atoms with Crippen molar-refractivity contribution in [2.75, 3.05) is 12.9 Å². The van der Waals surface area contributed by atoms with Crippen LogP contribution in [-0.2, 0) is 0 Å². The Bertz CT molecular complexity index is 788. The number of carbonyl (C=O) groups excluding carboxylic acids is 1. The van der Waals surface area contributed by atoms with Crippen molar-refractivity contribution in [2.45, 2.75) is 5.03 Å². The highest BCUT2D eigenvalue weighted by Crippen LogP contribution is 2.19. The molecule has 0 aliphatic carbocycles. The molecule has 3 aromatic rings. The molecule has 0 fully saturated rings. The molecule has 0 amide bonds. The normalized spacial score (nSPS) is 10.5. The summed E-state index contributed by atoms with van der Waals surface area (Å²) >= 11 is 1.35. The van der Waals surface area contributed by atoms with Crippen molar-refractivity contribution < 1.29 is 9.53 Å². The van der Waals surface area contributed by atoms with Gasteiger partial charge < -0.3 is 4.74 Å². The number of ketones is 1. The highest BCUT2D eigenvalue weighted by atomic mass is 32.2. The van der Waals surface area contributed by atoms with E-state index in [1.54, 1.807) is 42.4 Å². The predicted molar refractivity (Wildman–Crippen MR) is 87.2 cm³/mol. The van der Waals surface area contributed by atoms with E-state index in [2.05, 4.69) is 15.3 Å². The minimum atomic E-state index is 0.0202. The molecule has 2 aromatic heterocycles. The number of nitrogens with zero attached hydrogens (tertiary/aromatic N) is 4. The molecule has 0 N–H and O–H groups in total. The topological polar surface area (TPSA) is 69.9 Å². The van der Waals surface area contributed by atoms with Crippen LogP contribution >= 0.6 is 11.8 Å². The van der Waals surface area contributed by atoms with Gasteiger partial charge in [-0.25, -0.2) is 4.68 Å². The highest BCUT2D eigenvalue weighted by molar-refractivity contribution is 7.99. The van der Waals surface area contributed by atoms with Gasteiger partial charge in [0, 0.05) is 18.0 Å². The van der Waals surface area contributed by atoms with Gasteiger partial charge >= 0.3 is 0 Å². The second-order valence-corrected chi connectivity index (χ2v) is 5.62. The monoisotopic (exact) mass is 326 g/mol. The summed E-state index contributed by atoms with van der Waals surface area (Å²) in [4.78, 5) is 12.2. The lowest BCUT2D eigenvalue weighted by Gasteiger charge is -2.04. The van der Waals surface area contributed by atoms with E-state index in [9.17, 15) is 4.79 Å². The SMILES string of the molecule is COc1cccc(C(=O)CSc2ccc(-n3cccn3)nn2)c1. The van der Waals surface area contributed by atoms with Crippen molar-refractivity contribution in [3.8, 4) is 11.6 Å². The Balaban J connectivity index is 1.62. The van der Waals surface area contributed by atoms with Crippen LogP contribution < -0.4 is 4.74 Å². The van der Waals surface area contributed by atoms with Gasteiger partial charge in [-0.1, -0.05) is 23.9 Å². The lowest BCUT2D eigenvalue weighted by molar-refractivity contribution is 0.102. The molecule has 3 rings (SSSR count). The summed E-state index contributed by atoms with van der Waals surface area (Å²) in [5.74, 6) is 1.62. The average Bonchev–Trinajstić information content (AvgIpc) is 3.15. The molecule has 0 atom stereocenters. The first-order valence-corrected chi connectivity index (χ1v) is 7.88. The molecule has 0 aliphatic rings. The van der Waals surface area contributed by atoms with Crippen molar-refractivity contribution in [3.63, 3.8) is 0 Å². The fourth-order valence-electron chi connectivity index (χ4n) is 1.94. The maximum Gasteiger partial charge on any atom is 0.175 e. The van der Waals surface area contributed by atoms with Gasteiger partial charge in [0.1, 0.15) is 10.8 Å². The van der Waals surface area contributed by atoms with Crippen LogP contribution in [0.4, 0.5) is 0 Å². The molecule has 1 aromatic carbocycles. The Kier molecular flexibility index (Phi) is 4.68. The Labute approximate surface area is 137 Å². The number of Topliss-reactive ketones (excluding diaryl/α,β-unsaturated/α-hetero) is 1. The first-order valence-electron chi connectivity index (χ1n) is 6.90. The lowest BCUT2D eigenvalue weighted by Crippen LogP contribution is -2.04. The third-order valence-corrected chi connectivity index (χ3v) is 4.03. The molecule has 23 heavy (non-hydrogen) atoms. The molecule has 0 saturated carbocycles. The molecule has 116 valence electrons. The lowest BCUT2D eigenvalue weighted by atomic mass is 10.1. The molecular weight excluding hydrogens is 312 g/mol. The van der Waals surface area contributed by atoms with E-state index in [4.69, 9.17) is 4.74 Å². The molecule has 0 bridgehead atoms. The van der Waals surface area contributed by atoms with Crippen molar-refractivity contribution in [3.05, 3.63) is 60.4 Å². The van der Waals surface area contributed by atoms with E-state index in [1.165, 1.54) is 11.8 Å². The molecule has 0 radical (unpaired) electrons. The number of hydrogen-bond donors (Lipinski definition) is 0. The van der Waals surface area contributed by atoms with Crippen LogP contribution in [0.1, 0.15) is 10.4 Å². The van der Waals surface area contributed by atoms with Gasteiger partial charge in [-0.2, -0.15) is 5.10 Å². The summed E-state index contributed by atoms with van der Waals surface area (Å²) in [6.45, 7) is 0. The number of aromatic nitrogens is 4. The summed E-state index contributed by atoms with van der Waals surface area (Å²) in [7, 11) is 1.58. The van der Waals surface area contributed by atoms with Crippen molar-refractivity contribution >= 4 is 17.5 Å². The second-order valence-electron chi connectivity index (χ2n) is 4.62.